The number of carbonyl (C=O) groups excluding carboxylic acids is 1. The van der Waals surface area contributed by atoms with E-state index < -0.39 is 13.2 Å². The van der Waals surface area contributed by atoms with Gasteiger partial charge in [-0.15, -0.1) is 0 Å². The summed E-state index contributed by atoms with van der Waals surface area (Å²) in [6.45, 7) is -1.76. The van der Waals surface area contributed by atoms with Crippen molar-refractivity contribution in [3.8, 4) is 11.5 Å². The lowest BCUT2D eigenvalue weighted by Gasteiger charge is -2.36. The first-order chi connectivity index (χ1) is 12.3. The molecule has 1 saturated heterocycles. The van der Waals surface area contributed by atoms with E-state index in [1.165, 1.54) is 24.3 Å². The van der Waals surface area contributed by atoms with Crippen LogP contribution in [0.15, 0.2) is 24.3 Å². The standard InChI is InChI=1S/C17H19F4NO4/c1-10-9-24-11(2)8-22(10)15(23)6-4-12-3-5-13(25-16(18)19)7-14(12)26-17(20)21/h3-7,10-11,16-17H,8-9H2,1-2H3/b6-4+. The summed E-state index contributed by atoms with van der Waals surface area (Å²) < 4.78 is 63.6. The molecule has 1 aromatic rings. The van der Waals surface area contributed by atoms with Crippen molar-refractivity contribution in [1.29, 1.82) is 0 Å². The van der Waals surface area contributed by atoms with Gasteiger partial charge in [-0.05, 0) is 32.1 Å². The highest BCUT2D eigenvalue weighted by Crippen LogP contribution is 2.28. The van der Waals surface area contributed by atoms with Crippen LogP contribution in [0, 0.1) is 0 Å². The van der Waals surface area contributed by atoms with Gasteiger partial charge in [0, 0.05) is 24.3 Å². The van der Waals surface area contributed by atoms with Crippen molar-refractivity contribution in [2.75, 3.05) is 13.2 Å². The second-order valence-electron chi connectivity index (χ2n) is 5.77. The maximum absolute atomic E-state index is 12.6. The van der Waals surface area contributed by atoms with Gasteiger partial charge in [0.1, 0.15) is 11.5 Å². The SMILES string of the molecule is CC1CN(C(=O)/C=C/c2ccc(OC(F)F)cc2OC(F)F)C(C)CO1. The van der Waals surface area contributed by atoms with Crippen molar-refractivity contribution in [3.63, 3.8) is 0 Å². The summed E-state index contributed by atoms with van der Waals surface area (Å²) in [5.74, 6) is -1.01. The number of hydrogen-bond acceptors (Lipinski definition) is 4. The van der Waals surface area contributed by atoms with Crippen LogP contribution in [0.1, 0.15) is 19.4 Å². The van der Waals surface area contributed by atoms with Gasteiger partial charge in [-0.3, -0.25) is 4.79 Å². The molecule has 1 heterocycles. The van der Waals surface area contributed by atoms with Gasteiger partial charge in [0.15, 0.2) is 0 Å². The lowest BCUT2D eigenvalue weighted by Crippen LogP contribution is -2.49. The minimum atomic E-state index is -3.15. The van der Waals surface area contributed by atoms with E-state index in [4.69, 9.17) is 4.74 Å². The fourth-order valence-corrected chi connectivity index (χ4v) is 2.49. The molecule has 0 spiro atoms. The van der Waals surface area contributed by atoms with Gasteiger partial charge < -0.3 is 19.1 Å². The summed E-state index contributed by atoms with van der Waals surface area (Å²) in [4.78, 5) is 13.9. The number of alkyl halides is 4. The third-order valence-corrected chi connectivity index (χ3v) is 3.72. The van der Waals surface area contributed by atoms with Gasteiger partial charge in [0.05, 0.1) is 18.8 Å². The van der Waals surface area contributed by atoms with Gasteiger partial charge in [-0.2, -0.15) is 17.6 Å². The highest BCUT2D eigenvalue weighted by molar-refractivity contribution is 5.92. The van der Waals surface area contributed by atoms with E-state index in [-0.39, 0.29) is 35.1 Å². The van der Waals surface area contributed by atoms with Crippen LogP contribution in [-0.2, 0) is 9.53 Å². The number of amides is 1. The molecule has 1 aliphatic heterocycles. The van der Waals surface area contributed by atoms with Crippen LogP contribution < -0.4 is 9.47 Å². The lowest BCUT2D eigenvalue weighted by molar-refractivity contribution is -0.137. The minimum absolute atomic E-state index is 0.105. The predicted molar refractivity (Wildman–Crippen MR) is 85.3 cm³/mol. The fourth-order valence-electron chi connectivity index (χ4n) is 2.49. The van der Waals surface area contributed by atoms with E-state index in [9.17, 15) is 22.4 Å². The summed E-state index contributed by atoms with van der Waals surface area (Å²) in [5, 5.41) is 0. The molecule has 1 amide bonds. The van der Waals surface area contributed by atoms with Crippen molar-refractivity contribution in [2.45, 2.75) is 39.2 Å². The van der Waals surface area contributed by atoms with E-state index in [2.05, 4.69) is 9.47 Å². The van der Waals surface area contributed by atoms with Gasteiger partial charge in [-0.25, -0.2) is 0 Å². The third-order valence-electron chi connectivity index (χ3n) is 3.72. The van der Waals surface area contributed by atoms with Crippen LogP contribution in [0.4, 0.5) is 17.6 Å². The molecule has 2 atom stereocenters. The number of hydrogen-bond donors (Lipinski definition) is 0. The number of nitrogens with zero attached hydrogens (tertiary/aromatic N) is 1. The molecule has 1 aliphatic rings. The third kappa shape index (κ3) is 5.62. The second kappa shape index (κ2) is 8.88. The largest absolute Gasteiger partial charge is 0.435 e. The number of halogens is 4. The molecule has 0 aromatic heterocycles. The fraction of sp³-hybridized carbons (Fsp3) is 0.471. The van der Waals surface area contributed by atoms with Crippen molar-refractivity contribution >= 4 is 12.0 Å². The zero-order valence-corrected chi connectivity index (χ0v) is 14.2. The molecule has 1 fully saturated rings. The van der Waals surface area contributed by atoms with Gasteiger partial charge in [-0.1, -0.05) is 0 Å². The summed E-state index contributed by atoms with van der Waals surface area (Å²) >= 11 is 0. The Kier molecular flexibility index (Phi) is 6.84. The van der Waals surface area contributed by atoms with Crippen LogP contribution >= 0.6 is 0 Å². The summed E-state index contributed by atoms with van der Waals surface area (Å²) in [6, 6.07) is 3.22. The molecule has 26 heavy (non-hydrogen) atoms. The molecule has 5 nitrogen and oxygen atoms in total. The lowest BCUT2D eigenvalue weighted by atomic mass is 10.1. The Morgan fingerprint density at radius 3 is 2.58 bits per heavy atom. The Bertz CT molecular complexity index is 654. The maximum Gasteiger partial charge on any atom is 0.387 e. The summed E-state index contributed by atoms with van der Waals surface area (Å²) in [6.07, 6.45) is 2.40. The number of morpholine rings is 1. The highest BCUT2D eigenvalue weighted by atomic mass is 19.3. The van der Waals surface area contributed by atoms with Crippen molar-refractivity contribution in [1.82, 2.24) is 4.90 Å². The Labute approximate surface area is 148 Å². The number of rotatable bonds is 6. The molecular weight excluding hydrogens is 358 g/mol. The van der Waals surface area contributed by atoms with Gasteiger partial charge in [0.25, 0.3) is 0 Å². The zero-order chi connectivity index (χ0) is 19.3. The van der Waals surface area contributed by atoms with Crippen LogP contribution in [-0.4, -0.2) is 49.3 Å². The molecule has 1 aromatic carbocycles. The molecule has 2 unspecified atom stereocenters. The van der Waals surface area contributed by atoms with E-state index >= 15 is 0 Å². The average Bonchev–Trinajstić information content (AvgIpc) is 2.55. The van der Waals surface area contributed by atoms with E-state index in [1.54, 1.807) is 4.90 Å². The monoisotopic (exact) mass is 377 g/mol. The number of ether oxygens (including phenoxy) is 3. The molecule has 144 valence electrons. The van der Waals surface area contributed by atoms with E-state index in [0.29, 0.717) is 13.2 Å². The van der Waals surface area contributed by atoms with Crippen molar-refractivity contribution < 1.29 is 36.6 Å². The van der Waals surface area contributed by atoms with E-state index in [0.717, 1.165) is 6.07 Å². The van der Waals surface area contributed by atoms with Gasteiger partial charge in [0.2, 0.25) is 5.91 Å². The minimum Gasteiger partial charge on any atom is -0.435 e. The normalized spacial score (nSPS) is 20.8. The molecular formula is C17H19F4NO4. The first-order valence-electron chi connectivity index (χ1n) is 7.90. The van der Waals surface area contributed by atoms with Crippen LogP contribution in [0.25, 0.3) is 6.08 Å². The Hall–Kier alpha value is -2.29. The molecule has 0 aliphatic carbocycles. The Morgan fingerprint density at radius 1 is 1.23 bits per heavy atom. The second-order valence-corrected chi connectivity index (χ2v) is 5.77. The summed E-state index contributed by atoms with van der Waals surface area (Å²) in [7, 11) is 0. The van der Waals surface area contributed by atoms with Crippen molar-refractivity contribution in [3.05, 3.63) is 29.8 Å². The van der Waals surface area contributed by atoms with Crippen LogP contribution in [0.3, 0.4) is 0 Å². The zero-order valence-electron chi connectivity index (χ0n) is 14.2. The predicted octanol–water partition coefficient (Wildman–Crippen LogP) is 3.54. The first kappa shape index (κ1) is 20.0. The smallest absolute Gasteiger partial charge is 0.387 e. The molecule has 0 N–H and O–H groups in total. The maximum atomic E-state index is 12.6. The Balaban J connectivity index is 2.18. The average molecular weight is 377 g/mol. The topological polar surface area (TPSA) is 48.0 Å². The number of carbonyl (C=O) groups is 1. The van der Waals surface area contributed by atoms with Crippen molar-refractivity contribution in [2.24, 2.45) is 0 Å². The Morgan fingerprint density at radius 2 is 1.92 bits per heavy atom. The van der Waals surface area contributed by atoms with Crippen LogP contribution in [0.2, 0.25) is 0 Å². The highest BCUT2D eigenvalue weighted by Gasteiger charge is 2.26. The molecule has 2 rings (SSSR count). The van der Waals surface area contributed by atoms with E-state index in [1.807, 2.05) is 13.8 Å². The molecule has 0 bridgehead atoms. The van der Waals surface area contributed by atoms with Gasteiger partial charge >= 0.3 is 13.2 Å². The first-order valence-corrected chi connectivity index (χ1v) is 7.90. The molecule has 0 saturated carbocycles. The number of benzene rings is 1. The quantitative estimate of drug-likeness (QED) is 0.562. The molecule has 9 heteroatoms. The summed E-state index contributed by atoms with van der Waals surface area (Å²) in [5.41, 5.74) is 0.134. The van der Waals surface area contributed by atoms with Crippen LogP contribution in [0.5, 0.6) is 11.5 Å². The molecule has 0 radical (unpaired) electrons.